The molecule has 0 aromatic heterocycles. The highest BCUT2D eigenvalue weighted by molar-refractivity contribution is 7.86. The van der Waals surface area contributed by atoms with Gasteiger partial charge in [-0.15, -0.1) is 0 Å². The Morgan fingerprint density at radius 1 is 1.27 bits per heavy atom. The fourth-order valence-corrected chi connectivity index (χ4v) is 3.03. The van der Waals surface area contributed by atoms with Gasteiger partial charge in [0.05, 0.1) is 10.7 Å². The first kappa shape index (κ1) is 13.9. The van der Waals surface area contributed by atoms with Gasteiger partial charge in [-0.05, 0) is 17.2 Å². The molecular weight excluding hydrogens is 356 g/mol. The first-order chi connectivity index (χ1) is 13.5. The predicted octanol–water partition coefficient (Wildman–Crippen LogP) is 2.55. The van der Waals surface area contributed by atoms with Crippen LogP contribution in [0.5, 0.6) is 0 Å². The van der Waals surface area contributed by atoms with E-state index >= 15 is 0 Å². The van der Waals surface area contributed by atoms with Gasteiger partial charge in [0.25, 0.3) is 0 Å². The molecule has 8 heteroatoms. The molecule has 2 N–H and O–H groups in total. The second-order valence-corrected chi connectivity index (χ2v) is 6.40. The lowest BCUT2D eigenvalue weighted by Gasteiger charge is -2.10. The van der Waals surface area contributed by atoms with Crippen molar-refractivity contribution < 1.29 is 26.2 Å². The Morgan fingerprint density at radius 3 is 2.69 bits per heavy atom. The van der Waals surface area contributed by atoms with Gasteiger partial charge in [-0.2, -0.15) is 8.42 Å². The molecule has 0 aliphatic carbocycles. The van der Waals surface area contributed by atoms with Gasteiger partial charge in [-0.1, -0.05) is 48.5 Å². The second kappa shape index (κ2) is 6.90. The molecule has 1 atom stereocenters. The largest absolute Gasteiger partial charge is 0.460 e. The molecule has 0 amide bonds. The van der Waals surface area contributed by atoms with Crippen LogP contribution in [0.25, 0.3) is 4.85 Å². The quantitative estimate of drug-likeness (QED) is 0.639. The minimum atomic E-state index is -5.04. The van der Waals surface area contributed by atoms with Crippen molar-refractivity contribution in [2.75, 3.05) is 0 Å². The molecule has 7 nitrogen and oxygen atoms in total. The van der Waals surface area contributed by atoms with E-state index in [0.29, 0.717) is 0 Å². The molecule has 0 fully saturated rings. The second-order valence-electron chi connectivity index (χ2n) is 5.12. The Hall–Kier alpha value is -3.31. The van der Waals surface area contributed by atoms with Crippen molar-refractivity contribution >= 4 is 21.6 Å². The molecule has 26 heavy (non-hydrogen) atoms. The summed E-state index contributed by atoms with van der Waals surface area (Å²) in [5, 5.41) is 0. The van der Waals surface area contributed by atoms with Crippen molar-refractivity contribution in [2.45, 2.75) is 11.8 Å². The third-order valence-electron chi connectivity index (χ3n) is 3.30. The van der Waals surface area contributed by atoms with E-state index in [1.165, 1.54) is 48.5 Å². The summed E-state index contributed by atoms with van der Waals surface area (Å²) in [5.74, 6) is -3.00. The molecule has 3 rings (SSSR count). The molecule has 0 spiro atoms. The number of hydrogen-bond donors (Lipinski definition) is 1. The summed E-state index contributed by atoms with van der Waals surface area (Å²) >= 11 is 0. The van der Waals surface area contributed by atoms with Crippen molar-refractivity contribution in [3.63, 3.8) is 0 Å². The number of carbonyl (C=O) groups excluding carboxylic acids is 1. The number of nitrogens with two attached hydrogens (primary N) is 1. The Bertz CT molecular complexity index is 1160. The van der Waals surface area contributed by atoms with E-state index in [0.717, 1.165) is 0 Å². The van der Waals surface area contributed by atoms with Crippen LogP contribution in [-0.2, 0) is 29.5 Å². The van der Waals surface area contributed by atoms with Crippen LogP contribution < -0.4 is 5.73 Å². The highest BCUT2D eigenvalue weighted by Crippen LogP contribution is 2.34. The lowest BCUT2D eigenvalue weighted by molar-refractivity contribution is -0.123. The average Bonchev–Trinajstić information content (AvgIpc) is 2.92. The summed E-state index contributed by atoms with van der Waals surface area (Å²) in [7, 11) is -5.04. The Morgan fingerprint density at radius 2 is 2.00 bits per heavy atom. The lowest BCUT2D eigenvalue weighted by atomic mass is 10.1. The average molecular weight is 373 g/mol. The summed E-state index contributed by atoms with van der Waals surface area (Å²) in [6.45, 7) is 7.03. The fraction of sp³-hybridized carbons (Fsp3) is 0.111. The first-order valence-electron chi connectivity index (χ1n) is 8.74. The van der Waals surface area contributed by atoms with Gasteiger partial charge in [-0.3, -0.25) is 4.79 Å². The van der Waals surface area contributed by atoms with E-state index in [-0.39, 0.29) is 16.8 Å². The van der Waals surface area contributed by atoms with E-state index < -0.39 is 39.3 Å². The third-order valence-corrected chi connectivity index (χ3v) is 4.17. The minimum absolute atomic E-state index is 0.0546. The van der Waals surface area contributed by atoms with E-state index in [4.69, 9.17) is 25.3 Å². The number of ether oxygens (including phenoxy) is 1. The van der Waals surface area contributed by atoms with Gasteiger partial charge >= 0.3 is 10.1 Å². The van der Waals surface area contributed by atoms with Crippen LogP contribution in [0.15, 0.2) is 66.2 Å². The maximum absolute atomic E-state index is 12.7. The van der Waals surface area contributed by atoms with Crippen molar-refractivity contribution in [3.8, 4) is 0 Å². The topological polar surface area (TPSA) is 100 Å². The van der Waals surface area contributed by atoms with E-state index in [1.807, 2.05) is 0 Å². The van der Waals surface area contributed by atoms with Crippen molar-refractivity contribution in [1.82, 2.24) is 0 Å². The molecule has 0 unspecified atom stereocenters. The van der Waals surface area contributed by atoms with Gasteiger partial charge in [0.1, 0.15) is 5.70 Å². The number of hydrogen-bond acceptors (Lipinski definition) is 6. The van der Waals surface area contributed by atoms with Gasteiger partial charge < -0.3 is 14.7 Å². The van der Waals surface area contributed by atoms with Crippen LogP contribution in [0.4, 0.5) is 5.69 Å². The van der Waals surface area contributed by atoms with Gasteiger partial charge in [-0.25, -0.2) is 4.85 Å². The van der Waals surface area contributed by atoms with Gasteiger partial charge in [0.15, 0.2) is 11.8 Å². The molecule has 1 aliphatic heterocycles. The van der Waals surface area contributed by atoms with Crippen LogP contribution in [0.2, 0.25) is 0 Å². The summed E-state index contributed by atoms with van der Waals surface area (Å²) in [6.07, 6.45) is -2.46. The predicted molar refractivity (Wildman–Crippen MR) is 92.9 cm³/mol. The number of nitrogens with zero attached hydrogens (tertiary/aromatic N) is 1. The van der Waals surface area contributed by atoms with Crippen molar-refractivity contribution in [3.05, 3.63) is 88.8 Å². The molecule has 132 valence electrons. The zero-order valence-electron chi connectivity index (χ0n) is 16.2. The molecule has 0 bridgehead atoms. The third kappa shape index (κ3) is 3.68. The first-order valence-corrected chi connectivity index (χ1v) is 8.65. The number of benzene rings is 2. The minimum Gasteiger partial charge on any atom is -0.460 e. The Labute approximate surface area is 154 Å². The standard InChI is InChI=1S/C18H14N2O5S/c1-20-14-9-5-8-13(10-14)16-15(21)17(18(19)24-16)25-26(22,23)11-12-6-3-2-4-7-12/h2-10,16H,11,19H2/t16-/m0/s1/i11D2,16D. The summed E-state index contributed by atoms with van der Waals surface area (Å²) < 4.78 is 59.1. The number of carbonyl (C=O) groups is 1. The zero-order valence-corrected chi connectivity index (χ0v) is 14.0. The molecule has 2 aromatic carbocycles. The molecular formula is C18H14N2O5S. The van der Waals surface area contributed by atoms with E-state index in [9.17, 15) is 13.2 Å². The van der Waals surface area contributed by atoms with Crippen LogP contribution >= 0.6 is 0 Å². The Balaban J connectivity index is 1.95. The monoisotopic (exact) mass is 373 g/mol. The van der Waals surface area contributed by atoms with Gasteiger partial charge in [0.2, 0.25) is 17.4 Å². The Kier molecular flexibility index (Phi) is 3.69. The molecule has 0 radical (unpaired) electrons. The molecule has 0 saturated heterocycles. The zero-order chi connectivity index (χ0) is 21.4. The molecule has 0 saturated carbocycles. The van der Waals surface area contributed by atoms with Gasteiger partial charge in [0, 0.05) is 0 Å². The van der Waals surface area contributed by atoms with Crippen LogP contribution in [0, 0.1) is 6.57 Å². The van der Waals surface area contributed by atoms with Crippen LogP contribution in [0.1, 0.15) is 21.3 Å². The normalized spacial score (nSPS) is 22.0. The summed E-state index contributed by atoms with van der Waals surface area (Å²) in [6, 6.07) is 12.4. The van der Waals surface area contributed by atoms with Crippen molar-refractivity contribution in [2.24, 2.45) is 5.73 Å². The smallest absolute Gasteiger partial charge is 0.313 e. The van der Waals surface area contributed by atoms with E-state index in [1.54, 1.807) is 6.07 Å². The highest BCUT2D eigenvalue weighted by atomic mass is 32.2. The summed E-state index contributed by atoms with van der Waals surface area (Å²) in [5.41, 5.74) is 2.45. The van der Waals surface area contributed by atoms with Crippen molar-refractivity contribution in [1.29, 1.82) is 0 Å². The highest BCUT2D eigenvalue weighted by Gasteiger charge is 2.39. The maximum Gasteiger partial charge on any atom is 0.313 e. The molecule has 2 aromatic rings. The maximum atomic E-state index is 12.7. The summed E-state index contributed by atoms with van der Waals surface area (Å²) in [4.78, 5) is 15.9. The molecule has 1 heterocycles. The fourth-order valence-electron chi connectivity index (χ4n) is 2.18. The number of Topliss-reactive ketones (excluding diaryl/α,β-unsaturated/α-hetero) is 1. The molecule has 1 aliphatic rings. The van der Waals surface area contributed by atoms with Crippen LogP contribution in [-0.4, -0.2) is 14.2 Å². The number of ketones is 1. The lowest BCUT2D eigenvalue weighted by Crippen LogP contribution is -2.16. The van der Waals surface area contributed by atoms with Crippen LogP contribution in [0.3, 0.4) is 0 Å². The number of rotatable bonds is 5. The van der Waals surface area contributed by atoms with E-state index in [2.05, 4.69) is 4.85 Å². The SMILES string of the molecule is [2H]C([2H])(c1ccccc1)S(=O)(=O)OC1=C(N)O[C@@]([2H])(c2cccc([N+]#[C-])c2)C1=O.